The SMILES string of the molecule is CCN1CCN(C(=O)NC2COCC2(C)C(=O)O)CC1. The first-order valence-corrected chi connectivity index (χ1v) is 7.06. The number of ether oxygens (including phenoxy) is 1. The highest BCUT2D eigenvalue weighted by Crippen LogP contribution is 2.28. The van der Waals surface area contributed by atoms with Gasteiger partial charge in [0.2, 0.25) is 0 Å². The first kappa shape index (κ1) is 15.1. The molecule has 0 saturated carbocycles. The second kappa shape index (κ2) is 5.97. The van der Waals surface area contributed by atoms with Gasteiger partial charge in [0, 0.05) is 26.2 Å². The summed E-state index contributed by atoms with van der Waals surface area (Å²) in [6.45, 7) is 8.17. The number of likely N-dealkylation sites (N-methyl/N-ethyl adjacent to an activating group) is 1. The van der Waals surface area contributed by atoms with Gasteiger partial charge in [0.15, 0.2) is 0 Å². The highest BCUT2D eigenvalue weighted by atomic mass is 16.5. The van der Waals surface area contributed by atoms with E-state index in [9.17, 15) is 14.7 Å². The number of hydrogen-bond acceptors (Lipinski definition) is 4. The number of piperazine rings is 1. The van der Waals surface area contributed by atoms with E-state index < -0.39 is 17.4 Å². The smallest absolute Gasteiger partial charge is 0.317 e. The summed E-state index contributed by atoms with van der Waals surface area (Å²) in [4.78, 5) is 27.6. The fraction of sp³-hybridized carbons (Fsp3) is 0.846. The monoisotopic (exact) mass is 285 g/mol. The maximum absolute atomic E-state index is 12.2. The zero-order valence-corrected chi connectivity index (χ0v) is 12.1. The zero-order valence-electron chi connectivity index (χ0n) is 12.1. The Bertz CT molecular complexity index is 382. The lowest BCUT2D eigenvalue weighted by molar-refractivity contribution is -0.148. The van der Waals surface area contributed by atoms with Crippen molar-refractivity contribution in [3.63, 3.8) is 0 Å². The van der Waals surface area contributed by atoms with Crippen molar-refractivity contribution in [2.75, 3.05) is 45.9 Å². The Morgan fingerprint density at radius 1 is 1.35 bits per heavy atom. The van der Waals surface area contributed by atoms with Gasteiger partial charge in [-0.1, -0.05) is 6.92 Å². The number of amides is 2. The van der Waals surface area contributed by atoms with Gasteiger partial charge in [-0.25, -0.2) is 4.79 Å². The average molecular weight is 285 g/mol. The molecule has 2 heterocycles. The van der Waals surface area contributed by atoms with Crippen LogP contribution in [0.25, 0.3) is 0 Å². The van der Waals surface area contributed by atoms with Crippen molar-refractivity contribution in [3.8, 4) is 0 Å². The third-order valence-corrected chi connectivity index (χ3v) is 4.35. The van der Waals surface area contributed by atoms with Gasteiger partial charge in [0.05, 0.1) is 19.3 Å². The Labute approximate surface area is 118 Å². The summed E-state index contributed by atoms with van der Waals surface area (Å²) in [6, 6.07) is -0.666. The Hall–Kier alpha value is -1.34. The van der Waals surface area contributed by atoms with Gasteiger partial charge in [-0.05, 0) is 13.5 Å². The summed E-state index contributed by atoms with van der Waals surface area (Å²) >= 11 is 0. The van der Waals surface area contributed by atoms with Crippen LogP contribution in [0.1, 0.15) is 13.8 Å². The highest BCUT2D eigenvalue weighted by molar-refractivity contribution is 5.79. The Balaban J connectivity index is 1.90. The summed E-state index contributed by atoms with van der Waals surface area (Å²) in [5, 5.41) is 12.1. The molecular formula is C13H23N3O4. The van der Waals surface area contributed by atoms with Crippen LogP contribution in [0.15, 0.2) is 0 Å². The van der Waals surface area contributed by atoms with Gasteiger partial charge < -0.3 is 25.0 Å². The van der Waals surface area contributed by atoms with Gasteiger partial charge >= 0.3 is 12.0 Å². The molecule has 0 radical (unpaired) electrons. The van der Waals surface area contributed by atoms with E-state index in [0.717, 1.165) is 19.6 Å². The molecule has 2 amide bonds. The summed E-state index contributed by atoms with van der Waals surface area (Å²) in [5.41, 5.74) is -1.04. The van der Waals surface area contributed by atoms with Gasteiger partial charge in [-0.3, -0.25) is 4.79 Å². The van der Waals surface area contributed by atoms with E-state index in [4.69, 9.17) is 4.74 Å². The van der Waals surface area contributed by atoms with E-state index in [1.807, 2.05) is 0 Å². The van der Waals surface area contributed by atoms with Crippen molar-refractivity contribution in [3.05, 3.63) is 0 Å². The van der Waals surface area contributed by atoms with Crippen molar-refractivity contribution in [2.45, 2.75) is 19.9 Å². The molecule has 0 spiro atoms. The van der Waals surface area contributed by atoms with Crippen molar-refractivity contribution in [1.29, 1.82) is 0 Å². The van der Waals surface area contributed by atoms with Crippen LogP contribution in [-0.2, 0) is 9.53 Å². The van der Waals surface area contributed by atoms with Crippen LogP contribution in [-0.4, -0.2) is 78.9 Å². The van der Waals surface area contributed by atoms with Gasteiger partial charge in [0.25, 0.3) is 0 Å². The van der Waals surface area contributed by atoms with Crippen LogP contribution in [0.2, 0.25) is 0 Å². The normalized spacial score (nSPS) is 31.3. The molecule has 2 aliphatic rings. The van der Waals surface area contributed by atoms with Crippen molar-refractivity contribution in [2.24, 2.45) is 5.41 Å². The number of nitrogens with zero attached hydrogens (tertiary/aromatic N) is 2. The third-order valence-electron chi connectivity index (χ3n) is 4.35. The number of rotatable bonds is 3. The van der Waals surface area contributed by atoms with E-state index in [-0.39, 0.29) is 19.2 Å². The second-order valence-corrected chi connectivity index (χ2v) is 5.66. The number of carboxylic acids is 1. The van der Waals surface area contributed by atoms with E-state index in [1.165, 1.54) is 0 Å². The van der Waals surface area contributed by atoms with Crippen LogP contribution < -0.4 is 5.32 Å². The lowest BCUT2D eigenvalue weighted by Gasteiger charge is -2.35. The van der Waals surface area contributed by atoms with E-state index in [0.29, 0.717) is 13.1 Å². The molecule has 2 unspecified atom stereocenters. The Morgan fingerprint density at radius 3 is 2.55 bits per heavy atom. The summed E-state index contributed by atoms with van der Waals surface area (Å²) in [7, 11) is 0. The number of hydrogen-bond donors (Lipinski definition) is 2. The van der Waals surface area contributed by atoms with E-state index in [1.54, 1.807) is 11.8 Å². The van der Waals surface area contributed by atoms with Crippen LogP contribution in [0.4, 0.5) is 4.79 Å². The number of aliphatic carboxylic acids is 1. The third kappa shape index (κ3) is 2.88. The largest absolute Gasteiger partial charge is 0.481 e. The minimum atomic E-state index is -1.04. The number of carboxylic acid groups (broad SMARTS) is 1. The molecule has 2 fully saturated rings. The molecule has 2 aliphatic heterocycles. The fourth-order valence-corrected chi connectivity index (χ4v) is 2.59. The standard InChI is InChI=1S/C13H23N3O4/c1-3-15-4-6-16(7-5-15)12(19)14-10-8-20-9-13(10,2)11(17)18/h10H,3-9H2,1-2H3,(H,14,19)(H,17,18). The highest BCUT2D eigenvalue weighted by Gasteiger charge is 2.47. The predicted octanol–water partition coefficient (Wildman–Crippen LogP) is -0.177. The molecule has 7 heteroatoms. The number of carbonyl (C=O) groups is 2. The van der Waals surface area contributed by atoms with Crippen molar-refractivity contribution >= 4 is 12.0 Å². The van der Waals surface area contributed by atoms with Crippen LogP contribution in [0.3, 0.4) is 0 Å². The molecule has 0 aromatic heterocycles. The van der Waals surface area contributed by atoms with Crippen molar-refractivity contribution < 1.29 is 19.4 Å². The minimum Gasteiger partial charge on any atom is -0.481 e. The number of urea groups is 1. The lowest BCUT2D eigenvalue weighted by atomic mass is 9.85. The molecule has 2 atom stereocenters. The minimum absolute atomic E-state index is 0.136. The first-order chi connectivity index (χ1) is 9.47. The molecule has 2 rings (SSSR count). The topological polar surface area (TPSA) is 82.1 Å². The summed E-state index contributed by atoms with van der Waals surface area (Å²) in [6.07, 6.45) is 0. The molecule has 2 N–H and O–H groups in total. The maximum Gasteiger partial charge on any atom is 0.317 e. The lowest BCUT2D eigenvalue weighted by Crippen LogP contribution is -2.57. The zero-order chi connectivity index (χ0) is 14.8. The Morgan fingerprint density at radius 2 is 2.00 bits per heavy atom. The first-order valence-electron chi connectivity index (χ1n) is 7.06. The van der Waals surface area contributed by atoms with Gasteiger partial charge in [-0.2, -0.15) is 0 Å². The molecule has 2 saturated heterocycles. The molecule has 114 valence electrons. The molecule has 0 aromatic carbocycles. The second-order valence-electron chi connectivity index (χ2n) is 5.66. The maximum atomic E-state index is 12.2. The number of nitrogens with one attached hydrogen (secondary N) is 1. The molecule has 20 heavy (non-hydrogen) atoms. The molecular weight excluding hydrogens is 262 g/mol. The summed E-state index contributed by atoms with van der Waals surface area (Å²) < 4.78 is 5.23. The average Bonchev–Trinajstić information content (AvgIpc) is 2.81. The van der Waals surface area contributed by atoms with Gasteiger partial charge in [0.1, 0.15) is 5.41 Å². The molecule has 0 bridgehead atoms. The molecule has 0 aromatic rings. The van der Waals surface area contributed by atoms with E-state index >= 15 is 0 Å². The Kier molecular flexibility index (Phi) is 4.49. The fourth-order valence-electron chi connectivity index (χ4n) is 2.59. The molecule has 7 nitrogen and oxygen atoms in total. The summed E-state index contributed by atoms with van der Waals surface area (Å²) in [5.74, 6) is -0.934. The van der Waals surface area contributed by atoms with Gasteiger partial charge in [-0.15, -0.1) is 0 Å². The number of carbonyl (C=O) groups excluding carboxylic acids is 1. The van der Waals surface area contributed by atoms with Crippen LogP contribution in [0.5, 0.6) is 0 Å². The quantitative estimate of drug-likeness (QED) is 0.752. The predicted molar refractivity (Wildman–Crippen MR) is 72.6 cm³/mol. The van der Waals surface area contributed by atoms with Crippen LogP contribution >= 0.6 is 0 Å². The van der Waals surface area contributed by atoms with E-state index in [2.05, 4.69) is 17.1 Å². The van der Waals surface area contributed by atoms with Crippen molar-refractivity contribution in [1.82, 2.24) is 15.1 Å². The molecule has 0 aliphatic carbocycles. The van der Waals surface area contributed by atoms with Crippen LogP contribution in [0, 0.1) is 5.41 Å².